The van der Waals surface area contributed by atoms with Crippen molar-refractivity contribution in [1.82, 2.24) is 10.2 Å². The molecule has 1 atom stereocenters. The maximum absolute atomic E-state index is 13.6. The SMILES string of the molecule is C=N/C(=N\C=C(/C)CCN)c1ccc(C#N)cc1[S+]([O-])c1cnnc(-c2ccccc2)c1. The van der Waals surface area contributed by atoms with Crippen LogP contribution in [-0.2, 0) is 11.2 Å². The molecular weight excluding hydrogens is 420 g/mol. The molecule has 8 heteroatoms. The van der Waals surface area contributed by atoms with E-state index in [9.17, 15) is 9.81 Å². The van der Waals surface area contributed by atoms with Gasteiger partial charge in [-0.1, -0.05) is 35.9 Å². The molecule has 0 aliphatic carbocycles. The van der Waals surface area contributed by atoms with E-state index in [-0.39, 0.29) is 0 Å². The maximum atomic E-state index is 13.6. The molecule has 2 N–H and O–H groups in total. The molecule has 7 nitrogen and oxygen atoms in total. The van der Waals surface area contributed by atoms with Crippen LogP contribution in [0.1, 0.15) is 24.5 Å². The molecule has 1 unspecified atom stereocenters. The van der Waals surface area contributed by atoms with Gasteiger partial charge in [-0.2, -0.15) is 15.5 Å². The fraction of sp³-hybridized carbons (Fsp3) is 0.125. The highest BCUT2D eigenvalue weighted by molar-refractivity contribution is 7.91. The molecule has 0 saturated heterocycles. The van der Waals surface area contributed by atoms with Gasteiger partial charge in [-0.25, -0.2) is 9.98 Å². The molecule has 0 fully saturated rings. The topological polar surface area (TPSA) is 123 Å². The second-order valence-electron chi connectivity index (χ2n) is 6.86. The van der Waals surface area contributed by atoms with Gasteiger partial charge in [0.15, 0.2) is 15.6 Å². The highest BCUT2D eigenvalue weighted by atomic mass is 32.2. The van der Waals surface area contributed by atoms with Gasteiger partial charge in [0.05, 0.1) is 22.9 Å². The van der Waals surface area contributed by atoms with E-state index in [1.165, 1.54) is 6.20 Å². The lowest BCUT2D eigenvalue weighted by Crippen LogP contribution is -2.11. The summed E-state index contributed by atoms with van der Waals surface area (Å²) in [6.07, 6.45) is 3.82. The minimum Gasteiger partial charge on any atom is -0.606 e. The van der Waals surface area contributed by atoms with E-state index in [0.29, 0.717) is 45.4 Å². The Balaban J connectivity index is 2.07. The molecule has 0 bridgehead atoms. The van der Waals surface area contributed by atoms with Gasteiger partial charge in [-0.3, -0.25) is 0 Å². The Morgan fingerprint density at radius 2 is 2.03 bits per heavy atom. The van der Waals surface area contributed by atoms with Crippen molar-refractivity contribution in [2.45, 2.75) is 23.1 Å². The van der Waals surface area contributed by atoms with Gasteiger partial charge in [-0.15, -0.1) is 0 Å². The number of benzene rings is 2. The quantitative estimate of drug-likeness (QED) is 0.338. The third-order valence-corrected chi connectivity index (χ3v) is 5.95. The summed E-state index contributed by atoms with van der Waals surface area (Å²) in [5.41, 5.74) is 8.93. The number of hydrogen-bond donors (Lipinski definition) is 1. The number of nitriles is 1. The Bertz CT molecular complexity index is 1200. The average Bonchev–Trinajstić information content (AvgIpc) is 2.85. The van der Waals surface area contributed by atoms with Gasteiger partial charge in [-0.05, 0) is 38.7 Å². The highest BCUT2D eigenvalue weighted by Gasteiger charge is 2.24. The summed E-state index contributed by atoms with van der Waals surface area (Å²) in [5.74, 6) is 0.305. The Labute approximate surface area is 190 Å². The number of aliphatic imine (C=N–C) groups is 2. The molecule has 0 aliphatic heterocycles. The van der Waals surface area contributed by atoms with Crippen molar-refractivity contribution in [2.24, 2.45) is 15.7 Å². The summed E-state index contributed by atoms with van der Waals surface area (Å²) < 4.78 is 13.6. The molecule has 160 valence electrons. The van der Waals surface area contributed by atoms with Gasteiger partial charge in [0.25, 0.3) is 0 Å². The van der Waals surface area contributed by atoms with Crippen molar-refractivity contribution >= 4 is 23.7 Å². The fourth-order valence-corrected chi connectivity index (χ4v) is 4.12. The van der Waals surface area contributed by atoms with Crippen LogP contribution in [0.15, 0.2) is 92.3 Å². The second kappa shape index (κ2) is 11.1. The van der Waals surface area contributed by atoms with Crippen molar-refractivity contribution in [2.75, 3.05) is 6.54 Å². The minimum absolute atomic E-state index is 0.305. The summed E-state index contributed by atoms with van der Waals surface area (Å²) >= 11 is -1.66. The van der Waals surface area contributed by atoms with Crippen molar-refractivity contribution in [3.05, 3.63) is 83.7 Å². The smallest absolute Gasteiger partial charge is 0.180 e. The van der Waals surface area contributed by atoms with Crippen molar-refractivity contribution < 1.29 is 4.55 Å². The van der Waals surface area contributed by atoms with Crippen molar-refractivity contribution in [1.29, 1.82) is 5.26 Å². The lowest BCUT2D eigenvalue weighted by atomic mass is 10.1. The molecule has 0 radical (unpaired) electrons. The first-order chi connectivity index (χ1) is 15.6. The van der Waals surface area contributed by atoms with Crippen LogP contribution in [0.4, 0.5) is 0 Å². The van der Waals surface area contributed by atoms with E-state index >= 15 is 0 Å². The molecule has 3 aromatic rings. The number of amidine groups is 1. The highest BCUT2D eigenvalue weighted by Crippen LogP contribution is 2.28. The van der Waals surface area contributed by atoms with Crippen LogP contribution in [0, 0.1) is 11.3 Å². The maximum Gasteiger partial charge on any atom is 0.180 e. The first-order valence-electron chi connectivity index (χ1n) is 9.82. The number of nitrogens with two attached hydrogens (primary N) is 1. The lowest BCUT2D eigenvalue weighted by molar-refractivity contribution is 0.594. The van der Waals surface area contributed by atoms with Gasteiger partial charge >= 0.3 is 0 Å². The Morgan fingerprint density at radius 3 is 2.72 bits per heavy atom. The monoisotopic (exact) mass is 442 g/mol. The van der Waals surface area contributed by atoms with Crippen molar-refractivity contribution in [3.63, 3.8) is 0 Å². The summed E-state index contributed by atoms with van der Waals surface area (Å²) in [4.78, 5) is 9.29. The van der Waals surface area contributed by atoms with E-state index in [2.05, 4.69) is 33.0 Å². The summed E-state index contributed by atoms with van der Waals surface area (Å²) in [6.45, 7) is 6.04. The summed E-state index contributed by atoms with van der Waals surface area (Å²) in [5, 5.41) is 17.6. The zero-order chi connectivity index (χ0) is 22.9. The van der Waals surface area contributed by atoms with Crippen LogP contribution in [0.5, 0.6) is 0 Å². The third-order valence-electron chi connectivity index (χ3n) is 4.56. The van der Waals surface area contributed by atoms with Crippen LogP contribution >= 0.6 is 0 Å². The van der Waals surface area contributed by atoms with Crippen molar-refractivity contribution in [3.8, 4) is 17.3 Å². The van der Waals surface area contributed by atoms with Crippen LogP contribution < -0.4 is 5.73 Å². The number of aromatic nitrogens is 2. The molecule has 0 spiro atoms. The predicted molar refractivity (Wildman–Crippen MR) is 127 cm³/mol. The van der Waals surface area contributed by atoms with Gasteiger partial charge in [0, 0.05) is 35.1 Å². The molecule has 3 rings (SSSR count). The predicted octanol–water partition coefficient (Wildman–Crippen LogP) is 3.88. The third kappa shape index (κ3) is 5.53. The van der Waals surface area contributed by atoms with Gasteiger partial charge in [0.1, 0.15) is 6.20 Å². The van der Waals surface area contributed by atoms with E-state index in [4.69, 9.17) is 5.73 Å². The van der Waals surface area contributed by atoms with E-state index < -0.39 is 11.2 Å². The zero-order valence-electron chi connectivity index (χ0n) is 17.6. The summed E-state index contributed by atoms with van der Waals surface area (Å²) in [7, 11) is 0. The first-order valence-corrected chi connectivity index (χ1v) is 11.0. The van der Waals surface area contributed by atoms with Crippen LogP contribution in [0.3, 0.4) is 0 Å². The molecule has 1 heterocycles. The van der Waals surface area contributed by atoms with E-state index in [1.807, 2.05) is 37.3 Å². The van der Waals surface area contributed by atoms with E-state index in [1.54, 1.807) is 30.5 Å². The largest absolute Gasteiger partial charge is 0.606 e. The first kappa shape index (κ1) is 23.0. The minimum atomic E-state index is -1.66. The molecule has 0 amide bonds. The van der Waals surface area contributed by atoms with Gasteiger partial charge < -0.3 is 10.3 Å². The Morgan fingerprint density at radius 1 is 1.25 bits per heavy atom. The molecule has 0 saturated carbocycles. The number of hydrogen-bond acceptors (Lipinski definition) is 6. The molecular formula is C24H22N6OS. The fourth-order valence-electron chi connectivity index (χ4n) is 2.92. The van der Waals surface area contributed by atoms with Crippen LogP contribution in [0.25, 0.3) is 11.3 Å². The molecule has 32 heavy (non-hydrogen) atoms. The standard InChI is InChI=1S/C24H22N6OS/c1-17(10-11-25)15-28-24(27-2)21-9-8-18(14-26)12-23(21)32(31)20-13-22(30-29-16-20)19-6-4-3-5-7-19/h3-9,12-13,15-16H,2,10-11,25H2,1H3/b17-15+,28-24-. The molecule has 1 aromatic heterocycles. The van der Waals surface area contributed by atoms with Crippen LogP contribution in [0.2, 0.25) is 0 Å². The van der Waals surface area contributed by atoms with Crippen LogP contribution in [-0.4, -0.2) is 33.8 Å². The second-order valence-corrected chi connectivity index (χ2v) is 8.31. The van der Waals surface area contributed by atoms with E-state index in [0.717, 1.165) is 11.1 Å². The van der Waals surface area contributed by atoms with Gasteiger partial charge in [0.2, 0.25) is 0 Å². The summed E-state index contributed by atoms with van der Waals surface area (Å²) in [6, 6.07) is 18.2. The number of rotatable bonds is 7. The Kier molecular flexibility index (Phi) is 8.00. The normalized spacial score (nSPS) is 12.8. The lowest BCUT2D eigenvalue weighted by Gasteiger charge is -2.14. The average molecular weight is 443 g/mol. The molecule has 2 aromatic carbocycles. The zero-order valence-corrected chi connectivity index (χ0v) is 18.4. The Hall–Kier alpha value is -3.64. The molecule has 0 aliphatic rings. The number of nitrogens with zero attached hydrogens (tertiary/aromatic N) is 5.